The highest BCUT2D eigenvalue weighted by molar-refractivity contribution is 9.10. The summed E-state index contributed by atoms with van der Waals surface area (Å²) in [6.45, 7) is 1.86. The molecular formula is C18H16BrNO4. The lowest BCUT2D eigenvalue weighted by atomic mass is 10.1. The summed E-state index contributed by atoms with van der Waals surface area (Å²) in [5.74, 6) is 1.12. The van der Waals surface area contributed by atoms with Crippen molar-refractivity contribution in [2.24, 2.45) is 0 Å². The van der Waals surface area contributed by atoms with Gasteiger partial charge >= 0.3 is 0 Å². The molecule has 24 heavy (non-hydrogen) atoms. The highest BCUT2D eigenvalue weighted by Crippen LogP contribution is 2.31. The largest absolute Gasteiger partial charge is 0.493 e. The number of carbonyl (C=O) groups excluding carboxylic acids is 1. The Morgan fingerprint density at radius 3 is 2.54 bits per heavy atom. The van der Waals surface area contributed by atoms with Crippen molar-refractivity contribution in [3.05, 3.63) is 52.2 Å². The monoisotopic (exact) mass is 389 g/mol. The maximum atomic E-state index is 12.6. The zero-order valence-electron chi connectivity index (χ0n) is 13.5. The zero-order chi connectivity index (χ0) is 17.3. The van der Waals surface area contributed by atoms with Gasteiger partial charge in [-0.2, -0.15) is 0 Å². The maximum absolute atomic E-state index is 12.6. The average Bonchev–Trinajstić information content (AvgIpc) is 2.91. The fraction of sp³-hybridized carbons (Fsp3) is 0.167. The summed E-state index contributed by atoms with van der Waals surface area (Å²) in [6, 6.07) is 10.8. The second-order valence-electron chi connectivity index (χ2n) is 5.22. The van der Waals surface area contributed by atoms with Gasteiger partial charge in [-0.1, -0.05) is 15.9 Å². The molecule has 0 bridgehead atoms. The molecule has 1 amide bonds. The molecule has 0 saturated carbocycles. The summed E-state index contributed by atoms with van der Waals surface area (Å²) in [5, 5.41) is 3.73. The van der Waals surface area contributed by atoms with E-state index >= 15 is 0 Å². The fourth-order valence-electron chi connectivity index (χ4n) is 2.51. The van der Waals surface area contributed by atoms with Crippen LogP contribution in [0.3, 0.4) is 0 Å². The van der Waals surface area contributed by atoms with Gasteiger partial charge in [0, 0.05) is 27.2 Å². The second kappa shape index (κ2) is 6.57. The molecule has 124 valence electrons. The number of nitrogens with one attached hydrogen (secondary N) is 1. The Hall–Kier alpha value is -2.47. The van der Waals surface area contributed by atoms with E-state index in [1.807, 2.05) is 25.1 Å². The van der Waals surface area contributed by atoms with E-state index in [9.17, 15) is 4.79 Å². The Labute approximate surface area is 147 Å². The van der Waals surface area contributed by atoms with Crippen molar-refractivity contribution in [2.75, 3.05) is 19.5 Å². The standard InChI is InChI=1S/C18H16BrNO4/c1-10-13-8-11(19)4-6-14(13)24-17(10)18(21)20-12-5-7-15(22-2)16(9-12)23-3/h4-9H,1-3H3,(H,20,21). The van der Waals surface area contributed by atoms with E-state index in [2.05, 4.69) is 21.2 Å². The molecule has 0 aliphatic heterocycles. The topological polar surface area (TPSA) is 60.7 Å². The molecule has 1 aromatic heterocycles. The van der Waals surface area contributed by atoms with Crippen LogP contribution < -0.4 is 14.8 Å². The van der Waals surface area contributed by atoms with Crippen molar-refractivity contribution in [2.45, 2.75) is 6.92 Å². The third-order valence-electron chi connectivity index (χ3n) is 3.75. The van der Waals surface area contributed by atoms with E-state index < -0.39 is 0 Å². The van der Waals surface area contributed by atoms with E-state index in [0.29, 0.717) is 22.8 Å². The van der Waals surface area contributed by atoms with Crippen LogP contribution in [0.2, 0.25) is 0 Å². The minimum atomic E-state index is -0.313. The number of rotatable bonds is 4. The maximum Gasteiger partial charge on any atom is 0.291 e. The Bertz CT molecular complexity index is 917. The van der Waals surface area contributed by atoms with Gasteiger partial charge in [0.05, 0.1) is 14.2 Å². The number of fused-ring (bicyclic) bond motifs is 1. The van der Waals surface area contributed by atoms with Gasteiger partial charge in [0.15, 0.2) is 17.3 Å². The molecule has 0 aliphatic carbocycles. The summed E-state index contributed by atoms with van der Waals surface area (Å²) < 4.78 is 17.1. The number of amides is 1. The van der Waals surface area contributed by atoms with Gasteiger partial charge < -0.3 is 19.2 Å². The number of carbonyl (C=O) groups is 1. The molecule has 1 heterocycles. The van der Waals surface area contributed by atoms with Gasteiger partial charge in [0.25, 0.3) is 5.91 Å². The van der Waals surface area contributed by atoms with Crippen LogP contribution in [0.5, 0.6) is 11.5 Å². The summed E-state index contributed by atoms with van der Waals surface area (Å²) in [4.78, 5) is 12.6. The molecule has 0 unspecified atom stereocenters. The first kappa shape index (κ1) is 16.4. The lowest BCUT2D eigenvalue weighted by Gasteiger charge is -2.10. The van der Waals surface area contributed by atoms with Crippen molar-refractivity contribution in [1.29, 1.82) is 0 Å². The van der Waals surface area contributed by atoms with Crippen molar-refractivity contribution in [1.82, 2.24) is 0 Å². The first-order chi connectivity index (χ1) is 11.5. The van der Waals surface area contributed by atoms with E-state index in [1.54, 1.807) is 32.4 Å². The van der Waals surface area contributed by atoms with Crippen molar-refractivity contribution < 1.29 is 18.7 Å². The van der Waals surface area contributed by atoms with Crippen LogP contribution in [0.25, 0.3) is 11.0 Å². The number of hydrogen-bond acceptors (Lipinski definition) is 4. The number of benzene rings is 2. The number of hydrogen-bond donors (Lipinski definition) is 1. The van der Waals surface area contributed by atoms with Crippen molar-refractivity contribution in [3.63, 3.8) is 0 Å². The fourth-order valence-corrected chi connectivity index (χ4v) is 2.87. The molecule has 3 aromatic rings. The molecule has 1 N–H and O–H groups in total. The lowest BCUT2D eigenvalue weighted by molar-refractivity contribution is 0.0998. The minimum absolute atomic E-state index is 0.290. The van der Waals surface area contributed by atoms with Crippen LogP contribution >= 0.6 is 15.9 Å². The summed E-state index contributed by atoms with van der Waals surface area (Å²) in [7, 11) is 3.11. The summed E-state index contributed by atoms with van der Waals surface area (Å²) >= 11 is 3.43. The number of ether oxygens (including phenoxy) is 2. The van der Waals surface area contributed by atoms with E-state index in [0.717, 1.165) is 15.4 Å². The smallest absolute Gasteiger partial charge is 0.291 e. The van der Waals surface area contributed by atoms with E-state index in [1.165, 1.54) is 0 Å². The third-order valence-corrected chi connectivity index (χ3v) is 4.24. The predicted octanol–water partition coefficient (Wildman–Crippen LogP) is 4.77. The average molecular weight is 390 g/mol. The molecular weight excluding hydrogens is 374 g/mol. The zero-order valence-corrected chi connectivity index (χ0v) is 15.1. The highest BCUT2D eigenvalue weighted by Gasteiger charge is 2.18. The van der Waals surface area contributed by atoms with Gasteiger partial charge in [-0.15, -0.1) is 0 Å². The normalized spacial score (nSPS) is 10.7. The molecule has 2 aromatic carbocycles. The van der Waals surface area contributed by atoms with Gasteiger partial charge in [-0.05, 0) is 37.3 Å². The van der Waals surface area contributed by atoms with Gasteiger partial charge in [0.1, 0.15) is 5.58 Å². The SMILES string of the molecule is COc1ccc(NC(=O)c2oc3ccc(Br)cc3c2C)cc1OC. The first-order valence-corrected chi connectivity index (χ1v) is 8.05. The molecule has 0 saturated heterocycles. The molecule has 0 spiro atoms. The molecule has 0 radical (unpaired) electrons. The van der Waals surface area contributed by atoms with Crippen LogP contribution in [0, 0.1) is 6.92 Å². The van der Waals surface area contributed by atoms with Crippen LogP contribution in [0.1, 0.15) is 16.1 Å². The Kier molecular flexibility index (Phi) is 4.49. The number of furan rings is 1. The quantitative estimate of drug-likeness (QED) is 0.697. The van der Waals surface area contributed by atoms with Gasteiger partial charge in [-0.3, -0.25) is 4.79 Å². The van der Waals surface area contributed by atoms with Crippen LogP contribution in [0.15, 0.2) is 45.3 Å². The van der Waals surface area contributed by atoms with Gasteiger partial charge in [0.2, 0.25) is 0 Å². The minimum Gasteiger partial charge on any atom is -0.493 e. The molecule has 6 heteroatoms. The van der Waals surface area contributed by atoms with Gasteiger partial charge in [-0.25, -0.2) is 0 Å². The summed E-state index contributed by atoms with van der Waals surface area (Å²) in [6.07, 6.45) is 0. The number of methoxy groups -OCH3 is 2. The van der Waals surface area contributed by atoms with E-state index in [4.69, 9.17) is 13.9 Å². The number of anilines is 1. The van der Waals surface area contributed by atoms with E-state index in [-0.39, 0.29) is 11.7 Å². The van der Waals surface area contributed by atoms with Crippen LogP contribution in [0.4, 0.5) is 5.69 Å². The molecule has 5 nitrogen and oxygen atoms in total. The van der Waals surface area contributed by atoms with Crippen molar-refractivity contribution >= 4 is 38.5 Å². The molecule has 3 rings (SSSR count). The lowest BCUT2D eigenvalue weighted by Crippen LogP contribution is -2.12. The molecule has 0 fully saturated rings. The second-order valence-corrected chi connectivity index (χ2v) is 6.14. The molecule has 0 aliphatic rings. The van der Waals surface area contributed by atoms with Crippen LogP contribution in [-0.2, 0) is 0 Å². The highest BCUT2D eigenvalue weighted by atomic mass is 79.9. The number of halogens is 1. The predicted molar refractivity (Wildman–Crippen MR) is 96.2 cm³/mol. The number of aryl methyl sites for hydroxylation is 1. The Morgan fingerprint density at radius 2 is 1.83 bits per heavy atom. The summed E-state index contributed by atoms with van der Waals surface area (Å²) in [5.41, 5.74) is 2.07. The Balaban J connectivity index is 1.91. The first-order valence-electron chi connectivity index (χ1n) is 7.25. The molecule has 0 atom stereocenters. The van der Waals surface area contributed by atoms with Crippen molar-refractivity contribution in [3.8, 4) is 11.5 Å². The van der Waals surface area contributed by atoms with Crippen LogP contribution in [-0.4, -0.2) is 20.1 Å². The third kappa shape index (κ3) is 2.97. The Morgan fingerprint density at radius 1 is 1.08 bits per heavy atom.